The predicted octanol–water partition coefficient (Wildman–Crippen LogP) is 2.80. The van der Waals surface area contributed by atoms with Gasteiger partial charge in [-0.3, -0.25) is 5.32 Å². The van der Waals surface area contributed by atoms with E-state index in [-0.39, 0.29) is 6.03 Å². The van der Waals surface area contributed by atoms with Gasteiger partial charge >= 0.3 is 6.03 Å². The SMILES string of the molecule is CN(CCCOCc1ccccc1)C(=O)Nc1nc2ccccn2n1. The summed E-state index contributed by atoms with van der Waals surface area (Å²) in [7, 11) is 1.74. The van der Waals surface area contributed by atoms with Crippen molar-refractivity contribution in [3.63, 3.8) is 0 Å². The molecule has 0 aliphatic rings. The molecular weight excluding hydrogens is 318 g/mol. The van der Waals surface area contributed by atoms with Crippen LogP contribution in [0.2, 0.25) is 0 Å². The Bertz CT molecular complexity index is 785. The van der Waals surface area contributed by atoms with Crippen molar-refractivity contribution in [1.29, 1.82) is 0 Å². The Balaban J connectivity index is 1.38. The van der Waals surface area contributed by atoms with Crippen molar-refractivity contribution in [2.45, 2.75) is 13.0 Å². The molecule has 0 saturated carbocycles. The zero-order valence-corrected chi connectivity index (χ0v) is 14.1. The Morgan fingerprint density at radius 1 is 1.20 bits per heavy atom. The topological polar surface area (TPSA) is 71.8 Å². The molecule has 7 nitrogen and oxygen atoms in total. The van der Waals surface area contributed by atoms with Crippen LogP contribution in [0.1, 0.15) is 12.0 Å². The van der Waals surface area contributed by atoms with E-state index in [1.54, 1.807) is 22.7 Å². The van der Waals surface area contributed by atoms with Crippen LogP contribution in [0, 0.1) is 0 Å². The van der Waals surface area contributed by atoms with Crippen LogP contribution in [-0.2, 0) is 11.3 Å². The predicted molar refractivity (Wildman–Crippen MR) is 95.4 cm³/mol. The van der Waals surface area contributed by atoms with Crippen LogP contribution in [0.4, 0.5) is 10.7 Å². The van der Waals surface area contributed by atoms with Gasteiger partial charge in [-0.1, -0.05) is 36.4 Å². The maximum atomic E-state index is 12.2. The van der Waals surface area contributed by atoms with E-state index in [0.29, 0.717) is 31.4 Å². The number of pyridine rings is 1. The average Bonchev–Trinajstić information content (AvgIpc) is 3.04. The number of nitrogens with one attached hydrogen (secondary N) is 1. The normalized spacial score (nSPS) is 10.8. The van der Waals surface area contributed by atoms with Gasteiger partial charge in [0.2, 0.25) is 0 Å². The van der Waals surface area contributed by atoms with Crippen LogP contribution >= 0.6 is 0 Å². The highest BCUT2D eigenvalue weighted by atomic mass is 16.5. The highest BCUT2D eigenvalue weighted by Crippen LogP contribution is 2.06. The molecule has 0 saturated heterocycles. The van der Waals surface area contributed by atoms with Gasteiger partial charge < -0.3 is 9.64 Å². The molecule has 0 unspecified atom stereocenters. The number of hydrogen-bond acceptors (Lipinski definition) is 4. The zero-order valence-electron chi connectivity index (χ0n) is 14.1. The van der Waals surface area contributed by atoms with E-state index in [2.05, 4.69) is 15.4 Å². The first-order valence-electron chi connectivity index (χ1n) is 8.17. The van der Waals surface area contributed by atoms with E-state index in [1.165, 1.54) is 0 Å². The molecule has 2 amide bonds. The second-order valence-electron chi connectivity index (χ2n) is 5.68. The quantitative estimate of drug-likeness (QED) is 0.672. The summed E-state index contributed by atoms with van der Waals surface area (Å²) in [5.74, 6) is 0.295. The lowest BCUT2D eigenvalue weighted by molar-refractivity contribution is 0.113. The van der Waals surface area contributed by atoms with E-state index in [0.717, 1.165) is 12.0 Å². The number of rotatable bonds is 7. The number of nitrogens with zero attached hydrogens (tertiary/aromatic N) is 4. The molecular formula is C18H21N5O2. The highest BCUT2D eigenvalue weighted by molar-refractivity contribution is 5.87. The second-order valence-corrected chi connectivity index (χ2v) is 5.68. The fourth-order valence-electron chi connectivity index (χ4n) is 2.35. The lowest BCUT2D eigenvalue weighted by Gasteiger charge is -2.16. The van der Waals surface area contributed by atoms with Gasteiger partial charge in [-0.2, -0.15) is 4.98 Å². The molecule has 3 rings (SSSR count). The number of anilines is 1. The first-order chi connectivity index (χ1) is 12.2. The standard InChI is InChI=1S/C18H21N5O2/c1-22(11-7-13-25-14-15-8-3-2-4-9-15)18(24)20-17-19-16-10-5-6-12-23(16)21-17/h2-6,8-10,12H,7,11,13-14H2,1H3,(H,20,21,24). The minimum absolute atomic E-state index is 0.237. The maximum Gasteiger partial charge on any atom is 0.324 e. The van der Waals surface area contributed by atoms with Crippen molar-refractivity contribution in [1.82, 2.24) is 19.5 Å². The van der Waals surface area contributed by atoms with Gasteiger partial charge in [-0.15, -0.1) is 5.10 Å². The van der Waals surface area contributed by atoms with E-state index in [4.69, 9.17) is 4.74 Å². The first-order valence-corrected chi connectivity index (χ1v) is 8.17. The van der Waals surface area contributed by atoms with Crippen LogP contribution in [0.15, 0.2) is 54.7 Å². The number of carbonyl (C=O) groups excluding carboxylic acids is 1. The van der Waals surface area contributed by atoms with E-state index in [1.807, 2.05) is 48.5 Å². The van der Waals surface area contributed by atoms with Crippen LogP contribution in [-0.4, -0.2) is 45.7 Å². The number of hydrogen-bond donors (Lipinski definition) is 1. The monoisotopic (exact) mass is 339 g/mol. The summed E-state index contributed by atoms with van der Waals surface area (Å²) < 4.78 is 7.24. The Morgan fingerprint density at radius 3 is 2.80 bits per heavy atom. The molecule has 2 heterocycles. The van der Waals surface area contributed by atoms with Gasteiger partial charge in [0.1, 0.15) is 0 Å². The minimum atomic E-state index is -0.237. The fraction of sp³-hybridized carbons (Fsp3) is 0.278. The number of carbonyl (C=O) groups is 1. The number of aromatic nitrogens is 3. The minimum Gasteiger partial charge on any atom is -0.377 e. The van der Waals surface area contributed by atoms with Gasteiger partial charge in [0.25, 0.3) is 5.95 Å². The van der Waals surface area contributed by atoms with Gasteiger partial charge in [-0.05, 0) is 24.1 Å². The molecule has 0 bridgehead atoms. The van der Waals surface area contributed by atoms with Crippen molar-refractivity contribution in [3.8, 4) is 0 Å². The fourth-order valence-corrected chi connectivity index (χ4v) is 2.35. The molecule has 0 atom stereocenters. The Morgan fingerprint density at radius 2 is 2.00 bits per heavy atom. The van der Waals surface area contributed by atoms with Crippen LogP contribution < -0.4 is 5.32 Å². The van der Waals surface area contributed by atoms with Gasteiger partial charge in [0.15, 0.2) is 5.65 Å². The summed E-state index contributed by atoms with van der Waals surface area (Å²) in [6.07, 6.45) is 2.54. The average molecular weight is 339 g/mol. The molecule has 130 valence electrons. The zero-order chi connectivity index (χ0) is 17.5. The highest BCUT2D eigenvalue weighted by Gasteiger charge is 2.11. The van der Waals surface area contributed by atoms with Crippen molar-refractivity contribution in [2.24, 2.45) is 0 Å². The van der Waals surface area contributed by atoms with Crippen LogP contribution in [0.25, 0.3) is 5.65 Å². The number of benzene rings is 1. The number of ether oxygens (including phenoxy) is 1. The van der Waals surface area contributed by atoms with Crippen molar-refractivity contribution in [2.75, 3.05) is 25.5 Å². The summed E-state index contributed by atoms with van der Waals surface area (Å²) in [5, 5.41) is 6.90. The molecule has 0 aliphatic heterocycles. The Hall–Kier alpha value is -2.93. The lowest BCUT2D eigenvalue weighted by Crippen LogP contribution is -2.33. The molecule has 0 spiro atoms. The Kier molecular flexibility index (Phi) is 5.58. The van der Waals surface area contributed by atoms with Crippen molar-refractivity contribution in [3.05, 3.63) is 60.3 Å². The molecule has 0 radical (unpaired) electrons. The molecule has 7 heteroatoms. The number of fused-ring (bicyclic) bond motifs is 1. The van der Waals surface area contributed by atoms with E-state index >= 15 is 0 Å². The molecule has 0 aliphatic carbocycles. The van der Waals surface area contributed by atoms with E-state index in [9.17, 15) is 4.79 Å². The van der Waals surface area contributed by atoms with Crippen molar-refractivity contribution < 1.29 is 9.53 Å². The first kappa shape index (κ1) is 16.9. The third kappa shape index (κ3) is 4.77. The Labute approximate surface area is 146 Å². The summed E-state index contributed by atoms with van der Waals surface area (Å²) in [5.41, 5.74) is 1.83. The molecule has 2 aromatic heterocycles. The van der Waals surface area contributed by atoms with E-state index < -0.39 is 0 Å². The summed E-state index contributed by atoms with van der Waals surface area (Å²) in [4.78, 5) is 18.0. The number of urea groups is 1. The maximum absolute atomic E-state index is 12.2. The molecule has 1 N–H and O–H groups in total. The van der Waals surface area contributed by atoms with Gasteiger partial charge in [-0.25, -0.2) is 9.31 Å². The smallest absolute Gasteiger partial charge is 0.324 e. The second kappa shape index (κ2) is 8.25. The van der Waals surface area contributed by atoms with Gasteiger partial charge in [0, 0.05) is 26.4 Å². The molecule has 25 heavy (non-hydrogen) atoms. The number of amides is 2. The molecule has 3 aromatic rings. The summed E-state index contributed by atoms with van der Waals surface area (Å²) in [6, 6.07) is 15.3. The van der Waals surface area contributed by atoms with Crippen LogP contribution in [0.5, 0.6) is 0 Å². The van der Waals surface area contributed by atoms with Crippen molar-refractivity contribution >= 4 is 17.6 Å². The third-order valence-electron chi connectivity index (χ3n) is 3.70. The van der Waals surface area contributed by atoms with Crippen LogP contribution in [0.3, 0.4) is 0 Å². The molecule has 1 aromatic carbocycles. The summed E-state index contributed by atoms with van der Waals surface area (Å²) in [6.45, 7) is 1.77. The lowest BCUT2D eigenvalue weighted by atomic mass is 10.2. The molecule has 0 fully saturated rings. The third-order valence-corrected chi connectivity index (χ3v) is 3.70. The largest absolute Gasteiger partial charge is 0.377 e. The van der Waals surface area contributed by atoms with Gasteiger partial charge in [0.05, 0.1) is 6.61 Å². The summed E-state index contributed by atoms with van der Waals surface area (Å²) >= 11 is 0.